The molecular weight excluding hydrogens is 446 g/mol. The Morgan fingerprint density at radius 1 is 1.33 bits per heavy atom. The molecule has 0 radical (unpaired) electrons. The number of nitrogen functional groups attached to an aromatic ring is 1. The second kappa shape index (κ2) is 8.85. The van der Waals surface area contributed by atoms with E-state index >= 15 is 0 Å². The van der Waals surface area contributed by atoms with Crippen LogP contribution < -0.4 is 16.0 Å². The van der Waals surface area contributed by atoms with Crippen molar-refractivity contribution < 1.29 is 19.1 Å². The maximum Gasteiger partial charge on any atom is 0.407 e. The van der Waals surface area contributed by atoms with Crippen molar-refractivity contribution in [1.82, 2.24) is 24.9 Å². The van der Waals surface area contributed by atoms with Crippen LogP contribution in [-0.4, -0.2) is 63.5 Å². The van der Waals surface area contributed by atoms with Crippen molar-refractivity contribution in [2.45, 2.75) is 45.3 Å². The molecule has 0 aliphatic carbocycles. The molecule has 12 heteroatoms. The van der Waals surface area contributed by atoms with E-state index in [-0.39, 0.29) is 11.0 Å². The smallest absolute Gasteiger partial charge is 0.407 e. The van der Waals surface area contributed by atoms with Gasteiger partial charge in [0.2, 0.25) is 5.01 Å². The molecule has 0 aromatic carbocycles. The van der Waals surface area contributed by atoms with E-state index in [1.807, 2.05) is 26.8 Å². The van der Waals surface area contributed by atoms with Gasteiger partial charge in [0.15, 0.2) is 5.82 Å². The average Bonchev–Trinajstić information content (AvgIpc) is 3.37. The van der Waals surface area contributed by atoms with Crippen molar-refractivity contribution in [2.24, 2.45) is 0 Å². The van der Waals surface area contributed by atoms with Crippen molar-refractivity contribution >= 4 is 40.4 Å². The Hall–Kier alpha value is -3.41. The lowest BCUT2D eigenvalue weighted by Gasteiger charge is -2.34. The molecule has 4 heterocycles. The number of nitrogens with two attached hydrogens (primary N) is 1. The number of thiazole rings is 1. The van der Waals surface area contributed by atoms with Crippen molar-refractivity contribution in [3.05, 3.63) is 22.8 Å². The average molecular weight is 474 g/mol. The Bertz CT molecular complexity index is 1180. The number of carbonyl (C=O) groups is 2. The number of esters is 1. The number of ether oxygens (including phenoxy) is 2. The molecule has 0 spiro atoms. The zero-order valence-corrected chi connectivity index (χ0v) is 19.8. The third-order valence-corrected chi connectivity index (χ3v) is 5.99. The topological polar surface area (TPSA) is 137 Å². The zero-order chi connectivity index (χ0) is 23.8. The summed E-state index contributed by atoms with van der Waals surface area (Å²) in [6.45, 7) is 6.87. The van der Waals surface area contributed by atoms with E-state index in [0.717, 1.165) is 25.1 Å². The monoisotopic (exact) mass is 473 g/mol. The molecule has 1 atom stereocenters. The van der Waals surface area contributed by atoms with Gasteiger partial charge in [-0.05, 0) is 39.7 Å². The lowest BCUT2D eigenvalue weighted by Crippen LogP contribution is -2.49. The van der Waals surface area contributed by atoms with E-state index < -0.39 is 17.7 Å². The minimum absolute atomic E-state index is 0.0805. The van der Waals surface area contributed by atoms with Crippen LogP contribution >= 0.6 is 11.3 Å². The molecule has 4 rings (SSSR count). The molecule has 3 aromatic heterocycles. The number of aromatic nitrogens is 4. The molecule has 0 saturated carbocycles. The molecule has 3 aromatic rings. The number of rotatable bonds is 4. The van der Waals surface area contributed by atoms with Gasteiger partial charge in [-0.3, -0.25) is 0 Å². The van der Waals surface area contributed by atoms with E-state index in [0.29, 0.717) is 29.3 Å². The third-order valence-electron chi connectivity index (χ3n) is 5.17. The molecule has 176 valence electrons. The summed E-state index contributed by atoms with van der Waals surface area (Å²) < 4.78 is 11.9. The van der Waals surface area contributed by atoms with Crippen LogP contribution in [0.15, 0.2) is 17.8 Å². The van der Waals surface area contributed by atoms with Crippen molar-refractivity contribution in [2.75, 3.05) is 30.8 Å². The van der Waals surface area contributed by atoms with Gasteiger partial charge in [0, 0.05) is 24.5 Å². The molecule has 3 N–H and O–H groups in total. The van der Waals surface area contributed by atoms with Gasteiger partial charge in [-0.15, -0.1) is 11.3 Å². The summed E-state index contributed by atoms with van der Waals surface area (Å²) in [7, 11) is 1.32. The minimum Gasteiger partial charge on any atom is -0.464 e. The van der Waals surface area contributed by atoms with Crippen LogP contribution in [0.1, 0.15) is 43.4 Å². The number of methoxy groups -OCH3 is 1. The van der Waals surface area contributed by atoms with Crippen LogP contribution in [0.25, 0.3) is 16.9 Å². The first-order valence-electron chi connectivity index (χ1n) is 10.6. The maximum atomic E-state index is 12.3. The number of nitrogens with one attached hydrogen (secondary N) is 1. The molecule has 0 bridgehead atoms. The first-order chi connectivity index (χ1) is 15.7. The van der Waals surface area contributed by atoms with Gasteiger partial charge in [0.25, 0.3) is 0 Å². The highest BCUT2D eigenvalue weighted by Crippen LogP contribution is 2.35. The highest BCUT2D eigenvalue weighted by molar-refractivity contribution is 7.11. The molecule has 33 heavy (non-hydrogen) atoms. The van der Waals surface area contributed by atoms with Gasteiger partial charge in [-0.2, -0.15) is 5.10 Å². The quantitative estimate of drug-likeness (QED) is 0.548. The molecule has 11 nitrogen and oxygen atoms in total. The summed E-state index contributed by atoms with van der Waals surface area (Å²) in [5.41, 5.74) is 8.43. The summed E-state index contributed by atoms with van der Waals surface area (Å²) in [5, 5.41) is 9.37. The van der Waals surface area contributed by atoms with Gasteiger partial charge >= 0.3 is 12.1 Å². The van der Waals surface area contributed by atoms with Crippen molar-refractivity contribution in [1.29, 1.82) is 0 Å². The lowest BCUT2D eigenvalue weighted by molar-refractivity contribution is 0.0499. The van der Waals surface area contributed by atoms with Crippen LogP contribution in [0.2, 0.25) is 0 Å². The van der Waals surface area contributed by atoms with Crippen LogP contribution in [0.5, 0.6) is 0 Å². The number of fused-ring (bicyclic) bond motifs is 1. The predicted octanol–water partition coefficient (Wildman–Crippen LogP) is 2.72. The molecule has 1 saturated heterocycles. The number of piperidine rings is 1. The van der Waals surface area contributed by atoms with Crippen LogP contribution in [0.4, 0.5) is 16.3 Å². The van der Waals surface area contributed by atoms with Crippen LogP contribution in [0, 0.1) is 0 Å². The first-order valence-corrected chi connectivity index (χ1v) is 11.4. The number of carbonyl (C=O) groups excluding carboxylic acids is 2. The largest absolute Gasteiger partial charge is 0.464 e. The van der Waals surface area contributed by atoms with Gasteiger partial charge in [0.1, 0.15) is 23.1 Å². The summed E-state index contributed by atoms with van der Waals surface area (Å²) in [6, 6.07) is 1.86. The number of alkyl carbamates (subject to hydrolysis) is 1. The third kappa shape index (κ3) is 4.85. The Kier molecular flexibility index (Phi) is 6.11. The Morgan fingerprint density at radius 3 is 2.85 bits per heavy atom. The number of hydrogen-bond acceptors (Lipinski definition) is 10. The maximum absolute atomic E-state index is 12.3. The van der Waals surface area contributed by atoms with Crippen LogP contribution in [0.3, 0.4) is 0 Å². The van der Waals surface area contributed by atoms with Crippen molar-refractivity contribution in [3.63, 3.8) is 0 Å². The molecule has 1 aliphatic heterocycles. The van der Waals surface area contributed by atoms with Gasteiger partial charge in [-0.1, -0.05) is 0 Å². The second-order valence-corrected chi connectivity index (χ2v) is 9.64. The molecule has 1 fully saturated rings. The predicted molar refractivity (Wildman–Crippen MR) is 124 cm³/mol. The highest BCUT2D eigenvalue weighted by Gasteiger charge is 2.28. The summed E-state index contributed by atoms with van der Waals surface area (Å²) in [5.74, 6) is -0.162. The van der Waals surface area contributed by atoms with Crippen molar-refractivity contribution in [3.8, 4) is 11.4 Å². The molecular formula is C21H27N7O4S. The highest BCUT2D eigenvalue weighted by atomic mass is 32.1. The normalized spacial score (nSPS) is 16.6. The summed E-state index contributed by atoms with van der Waals surface area (Å²) in [6.07, 6.45) is 2.67. The SMILES string of the molecule is COC(=O)c1nc(-c2cc(N3CCC[C@@H](NC(=O)OC(C)(C)C)C3)c3c(N)ncnn23)cs1. The first kappa shape index (κ1) is 22.8. The zero-order valence-electron chi connectivity index (χ0n) is 19.0. The van der Waals surface area contributed by atoms with Gasteiger partial charge in [0.05, 0.1) is 18.5 Å². The van der Waals surface area contributed by atoms with E-state index in [2.05, 4.69) is 25.3 Å². The fourth-order valence-electron chi connectivity index (χ4n) is 3.83. The van der Waals surface area contributed by atoms with E-state index in [1.54, 1.807) is 9.90 Å². The minimum atomic E-state index is -0.561. The molecule has 1 aliphatic rings. The van der Waals surface area contributed by atoms with Gasteiger partial charge in [-0.25, -0.2) is 24.1 Å². The number of nitrogens with zero attached hydrogens (tertiary/aromatic N) is 5. The number of anilines is 2. The Morgan fingerprint density at radius 2 is 2.12 bits per heavy atom. The fourth-order valence-corrected chi connectivity index (χ4v) is 4.56. The number of hydrogen-bond donors (Lipinski definition) is 2. The van der Waals surface area contributed by atoms with E-state index in [9.17, 15) is 9.59 Å². The lowest BCUT2D eigenvalue weighted by atomic mass is 10.1. The van der Waals surface area contributed by atoms with Crippen LogP contribution in [-0.2, 0) is 9.47 Å². The van der Waals surface area contributed by atoms with E-state index in [4.69, 9.17) is 15.2 Å². The number of amides is 1. The standard InChI is InChI=1S/C21H27N7O4S/c1-21(2,3)32-20(30)25-12-6-5-7-27(9-12)15-8-14(28-16(15)17(22)23-11-24-28)13-10-33-18(26-13)19(29)31-4/h8,10-12H,5-7,9H2,1-4H3,(H,25,30)(H2,22,23,24)/t12-/m1/s1. The molecule has 0 unspecified atom stereocenters. The second-order valence-electron chi connectivity index (χ2n) is 8.78. The summed E-state index contributed by atoms with van der Waals surface area (Å²) in [4.78, 5) is 34.8. The Labute approximate surface area is 194 Å². The summed E-state index contributed by atoms with van der Waals surface area (Å²) >= 11 is 1.20. The molecule has 1 amide bonds. The van der Waals surface area contributed by atoms with Gasteiger partial charge < -0.3 is 25.4 Å². The Balaban J connectivity index is 1.64. The van der Waals surface area contributed by atoms with E-state index in [1.165, 1.54) is 24.8 Å². The fraction of sp³-hybridized carbons (Fsp3) is 0.476.